The lowest BCUT2D eigenvalue weighted by Crippen LogP contribution is -2.44. The Balaban J connectivity index is 1.47. The summed E-state index contributed by atoms with van der Waals surface area (Å²) >= 11 is 0. The minimum atomic E-state index is 0.0799. The normalized spacial score (nSPS) is 26.5. The summed E-state index contributed by atoms with van der Waals surface area (Å²) in [5.41, 5.74) is 2.22. The van der Waals surface area contributed by atoms with Crippen LogP contribution in [0.25, 0.3) is 0 Å². The van der Waals surface area contributed by atoms with Crippen molar-refractivity contribution in [3.8, 4) is 0 Å². The number of hydrogen-bond acceptors (Lipinski definition) is 4. The SMILES string of the molecule is Cc1ccnc(C(=O)C2CC3CCC(C2)N3Cc2ccccc2)n1. The second-order valence-electron chi connectivity index (χ2n) is 7.10. The van der Waals surface area contributed by atoms with E-state index in [2.05, 4.69) is 45.2 Å². The second kappa shape index (κ2) is 6.44. The predicted octanol–water partition coefficient (Wildman–Crippen LogP) is 3.41. The third kappa shape index (κ3) is 2.98. The van der Waals surface area contributed by atoms with Gasteiger partial charge in [-0.1, -0.05) is 30.3 Å². The van der Waals surface area contributed by atoms with Gasteiger partial charge in [0.2, 0.25) is 5.78 Å². The summed E-state index contributed by atoms with van der Waals surface area (Å²) in [6.45, 7) is 2.91. The van der Waals surface area contributed by atoms with Gasteiger partial charge in [0.05, 0.1) is 0 Å². The number of ketones is 1. The monoisotopic (exact) mass is 321 g/mol. The van der Waals surface area contributed by atoms with Crippen molar-refractivity contribution >= 4 is 5.78 Å². The molecule has 2 unspecified atom stereocenters. The first kappa shape index (κ1) is 15.5. The summed E-state index contributed by atoms with van der Waals surface area (Å²) in [4.78, 5) is 23.9. The van der Waals surface area contributed by atoms with Crippen LogP contribution >= 0.6 is 0 Å². The number of nitrogens with zero attached hydrogens (tertiary/aromatic N) is 3. The fourth-order valence-electron chi connectivity index (χ4n) is 4.29. The van der Waals surface area contributed by atoms with Gasteiger partial charge in [-0.05, 0) is 44.2 Å². The number of piperidine rings is 1. The van der Waals surface area contributed by atoms with Gasteiger partial charge >= 0.3 is 0 Å². The molecule has 4 heteroatoms. The van der Waals surface area contributed by atoms with E-state index in [9.17, 15) is 4.79 Å². The largest absolute Gasteiger partial charge is 0.293 e. The maximum absolute atomic E-state index is 12.8. The highest BCUT2D eigenvalue weighted by Crippen LogP contribution is 2.40. The van der Waals surface area contributed by atoms with Crippen molar-refractivity contribution in [2.45, 2.75) is 51.2 Å². The fourth-order valence-corrected chi connectivity index (χ4v) is 4.29. The van der Waals surface area contributed by atoms with E-state index in [1.807, 2.05) is 13.0 Å². The van der Waals surface area contributed by atoms with Gasteiger partial charge in [-0.25, -0.2) is 9.97 Å². The number of aryl methyl sites for hydroxylation is 1. The van der Waals surface area contributed by atoms with Gasteiger partial charge in [-0.3, -0.25) is 9.69 Å². The van der Waals surface area contributed by atoms with Gasteiger partial charge in [-0.15, -0.1) is 0 Å². The van der Waals surface area contributed by atoms with Crippen LogP contribution < -0.4 is 0 Å². The van der Waals surface area contributed by atoms with Crippen molar-refractivity contribution in [2.75, 3.05) is 0 Å². The van der Waals surface area contributed by atoms with E-state index < -0.39 is 0 Å². The number of Topliss-reactive ketones (excluding diaryl/α,β-unsaturated/α-hetero) is 1. The average Bonchev–Trinajstić information content (AvgIpc) is 2.83. The lowest BCUT2D eigenvalue weighted by molar-refractivity contribution is 0.0669. The first-order chi connectivity index (χ1) is 11.7. The van der Waals surface area contributed by atoms with Crippen LogP contribution in [0.1, 0.15) is 47.6 Å². The van der Waals surface area contributed by atoms with Gasteiger partial charge in [0.25, 0.3) is 0 Å². The highest BCUT2D eigenvalue weighted by Gasteiger charge is 2.43. The molecular formula is C20H23N3O. The fraction of sp³-hybridized carbons (Fsp3) is 0.450. The Morgan fingerprint density at radius 2 is 1.83 bits per heavy atom. The molecule has 4 nitrogen and oxygen atoms in total. The maximum atomic E-state index is 12.8. The Kier molecular flexibility index (Phi) is 4.15. The first-order valence-corrected chi connectivity index (χ1v) is 8.84. The zero-order valence-corrected chi connectivity index (χ0v) is 14.1. The zero-order valence-electron chi connectivity index (χ0n) is 14.1. The van der Waals surface area contributed by atoms with E-state index in [-0.39, 0.29) is 11.7 Å². The maximum Gasteiger partial charge on any atom is 0.203 e. The highest BCUT2D eigenvalue weighted by atomic mass is 16.1. The second-order valence-corrected chi connectivity index (χ2v) is 7.10. The van der Waals surface area contributed by atoms with Crippen LogP contribution in [-0.2, 0) is 6.54 Å². The van der Waals surface area contributed by atoms with E-state index in [0.29, 0.717) is 17.9 Å². The molecule has 3 heterocycles. The Hall–Kier alpha value is -2.07. The Morgan fingerprint density at radius 1 is 1.12 bits per heavy atom. The molecule has 0 spiro atoms. The molecule has 2 fully saturated rings. The molecule has 0 N–H and O–H groups in total. The smallest absolute Gasteiger partial charge is 0.203 e. The van der Waals surface area contributed by atoms with Crippen LogP contribution in [0, 0.1) is 12.8 Å². The van der Waals surface area contributed by atoms with E-state index in [4.69, 9.17) is 0 Å². The molecule has 2 atom stereocenters. The Morgan fingerprint density at radius 3 is 2.50 bits per heavy atom. The molecule has 2 bridgehead atoms. The third-order valence-corrected chi connectivity index (χ3v) is 5.48. The molecule has 0 radical (unpaired) electrons. The van der Waals surface area contributed by atoms with Gasteiger partial charge in [0, 0.05) is 36.4 Å². The van der Waals surface area contributed by atoms with E-state index in [0.717, 1.165) is 25.1 Å². The number of hydrogen-bond donors (Lipinski definition) is 0. The van der Waals surface area contributed by atoms with Crippen LogP contribution in [0.15, 0.2) is 42.6 Å². The summed E-state index contributed by atoms with van der Waals surface area (Å²) in [6.07, 6.45) is 5.99. The number of aromatic nitrogens is 2. The van der Waals surface area contributed by atoms with Crippen LogP contribution in [-0.4, -0.2) is 32.7 Å². The van der Waals surface area contributed by atoms with Gasteiger partial charge in [0.15, 0.2) is 5.82 Å². The molecule has 2 aliphatic rings. The molecule has 1 aromatic heterocycles. The molecule has 24 heavy (non-hydrogen) atoms. The number of carbonyl (C=O) groups is 1. The molecule has 0 aliphatic carbocycles. The molecule has 2 saturated heterocycles. The summed E-state index contributed by atoms with van der Waals surface area (Å²) in [6, 6.07) is 13.5. The van der Waals surface area contributed by atoms with Crippen LogP contribution in [0.4, 0.5) is 0 Å². The molecule has 2 aliphatic heterocycles. The van der Waals surface area contributed by atoms with Gasteiger partial charge in [0.1, 0.15) is 0 Å². The van der Waals surface area contributed by atoms with Crippen molar-refractivity contribution in [1.82, 2.24) is 14.9 Å². The lowest BCUT2D eigenvalue weighted by Gasteiger charge is -2.38. The van der Waals surface area contributed by atoms with Gasteiger partial charge < -0.3 is 0 Å². The topological polar surface area (TPSA) is 46.1 Å². The van der Waals surface area contributed by atoms with Crippen molar-refractivity contribution in [3.63, 3.8) is 0 Å². The van der Waals surface area contributed by atoms with Crippen molar-refractivity contribution in [1.29, 1.82) is 0 Å². The highest BCUT2D eigenvalue weighted by molar-refractivity contribution is 5.94. The molecule has 4 rings (SSSR count). The Bertz CT molecular complexity index is 717. The van der Waals surface area contributed by atoms with Crippen LogP contribution in [0.3, 0.4) is 0 Å². The summed E-state index contributed by atoms with van der Waals surface area (Å²) in [5.74, 6) is 0.613. The summed E-state index contributed by atoms with van der Waals surface area (Å²) in [5, 5.41) is 0. The summed E-state index contributed by atoms with van der Waals surface area (Å²) < 4.78 is 0. The van der Waals surface area contributed by atoms with Crippen molar-refractivity contribution in [2.24, 2.45) is 5.92 Å². The van der Waals surface area contributed by atoms with Crippen LogP contribution in [0.5, 0.6) is 0 Å². The van der Waals surface area contributed by atoms with Crippen LogP contribution in [0.2, 0.25) is 0 Å². The van der Waals surface area contributed by atoms with Crippen molar-refractivity contribution in [3.05, 3.63) is 59.7 Å². The standard InChI is InChI=1S/C20H23N3O/c1-14-9-10-21-20(22-14)19(24)16-11-17-7-8-18(12-16)23(17)13-15-5-3-2-4-6-15/h2-6,9-10,16-18H,7-8,11-13H2,1H3. The molecule has 0 saturated carbocycles. The summed E-state index contributed by atoms with van der Waals surface area (Å²) in [7, 11) is 0. The molecule has 124 valence electrons. The number of carbonyl (C=O) groups excluding carboxylic acids is 1. The minimum absolute atomic E-state index is 0.0799. The first-order valence-electron chi connectivity index (χ1n) is 8.84. The molecule has 0 amide bonds. The third-order valence-electron chi connectivity index (χ3n) is 5.48. The molecule has 2 aromatic rings. The number of fused-ring (bicyclic) bond motifs is 2. The molecular weight excluding hydrogens is 298 g/mol. The molecule has 1 aromatic carbocycles. The van der Waals surface area contributed by atoms with Crippen molar-refractivity contribution < 1.29 is 4.79 Å². The predicted molar refractivity (Wildman–Crippen MR) is 92.6 cm³/mol. The van der Waals surface area contributed by atoms with E-state index >= 15 is 0 Å². The lowest BCUT2D eigenvalue weighted by atomic mass is 9.86. The number of benzene rings is 1. The van der Waals surface area contributed by atoms with E-state index in [1.54, 1.807) is 6.20 Å². The quantitative estimate of drug-likeness (QED) is 0.810. The zero-order chi connectivity index (χ0) is 16.5. The van der Waals surface area contributed by atoms with E-state index in [1.165, 1.54) is 18.4 Å². The average molecular weight is 321 g/mol. The van der Waals surface area contributed by atoms with Gasteiger partial charge in [-0.2, -0.15) is 0 Å². The Labute approximate surface area is 142 Å². The number of rotatable bonds is 4. The minimum Gasteiger partial charge on any atom is -0.293 e.